The Hall–Kier alpha value is -2.02. The van der Waals surface area contributed by atoms with E-state index >= 15 is 0 Å². The zero-order valence-corrected chi connectivity index (χ0v) is 9.22. The molecule has 0 fully saturated rings. The average molecular weight is 255 g/mol. The molecule has 0 unspecified atom stereocenters. The van der Waals surface area contributed by atoms with Gasteiger partial charge in [0.25, 0.3) is 5.56 Å². The Morgan fingerprint density at radius 1 is 1.29 bits per heavy atom. The number of nitrogens with zero attached hydrogens (tertiary/aromatic N) is 1. The van der Waals surface area contributed by atoms with Crippen LogP contribution in [0.4, 0.5) is 14.6 Å². The predicted molar refractivity (Wildman–Crippen MR) is 61.6 cm³/mol. The number of nitrogens with one attached hydrogen (secondary N) is 1. The van der Waals surface area contributed by atoms with Gasteiger partial charge in [-0.25, -0.2) is 8.78 Å². The summed E-state index contributed by atoms with van der Waals surface area (Å²) < 4.78 is 27.5. The Morgan fingerprint density at radius 3 is 2.65 bits per heavy atom. The molecule has 0 aliphatic carbocycles. The highest BCUT2D eigenvalue weighted by Crippen LogP contribution is 2.17. The first kappa shape index (κ1) is 11.5. The highest BCUT2D eigenvalue weighted by molar-refractivity contribution is 7.71. The van der Waals surface area contributed by atoms with Crippen molar-refractivity contribution in [1.29, 1.82) is 0 Å². The number of aromatic amines is 1. The van der Waals surface area contributed by atoms with Gasteiger partial charge in [-0.15, -0.1) is 0 Å². The minimum absolute atomic E-state index is 0.0664. The van der Waals surface area contributed by atoms with E-state index in [9.17, 15) is 13.6 Å². The van der Waals surface area contributed by atoms with Crippen molar-refractivity contribution in [1.82, 2.24) is 9.55 Å². The van der Waals surface area contributed by atoms with E-state index in [-0.39, 0.29) is 16.3 Å². The summed E-state index contributed by atoms with van der Waals surface area (Å²) in [7, 11) is 0. The summed E-state index contributed by atoms with van der Waals surface area (Å²) in [6.07, 6.45) is 0. The van der Waals surface area contributed by atoms with Gasteiger partial charge in [-0.2, -0.15) is 0 Å². The standard InChI is InChI=1S/C10H7F2N3OS/c11-5-1-2-6(12)7(3-5)15-8(13)4-9(16)14-10(15)17/h1-4H,13H2,(H,14,16,17). The van der Waals surface area contributed by atoms with Crippen LogP contribution in [0.5, 0.6) is 0 Å². The van der Waals surface area contributed by atoms with Crippen LogP contribution in [0.15, 0.2) is 29.1 Å². The lowest BCUT2D eigenvalue weighted by atomic mass is 10.3. The second-order valence-corrected chi connectivity index (χ2v) is 3.68. The Labute approximate surface area is 99.3 Å². The van der Waals surface area contributed by atoms with Gasteiger partial charge < -0.3 is 5.73 Å². The van der Waals surface area contributed by atoms with Crippen LogP contribution in [-0.4, -0.2) is 9.55 Å². The van der Waals surface area contributed by atoms with Gasteiger partial charge in [0.1, 0.15) is 17.5 Å². The Morgan fingerprint density at radius 2 is 2.00 bits per heavy atom. The topological polar surface area (TPSA) is 63.8 Å². The molecule has 88 valence electrons. The maximum absolute atomic E-state index is 13.5. The average Bonchev–Trinajstić information content (AvgIpc) is 2.21. The first-order chi connectivity index (χ1) is 7.99. The number of nitrogens with two attached hydrogens (primary N) is 1. The smallest absolute Gasteiger partial charge is 0.253 e. The lowest BCUT2D eigenvalue weighted by Crippen LogP contribution is -2.15. The molecule has 4 nitrogen and oxygen atoms in total. The summed E-state index contributed by atoms with van der Waals surface area (Å²) in [5.74, 6) is -1.39. The fourth-order valence-electron chi connectivity index (χ4n) is 1.42. The van der Waals surface area contributed by atoms with Gasteiger partial charge >= 0.3 is 0 Å². The number of anilines is 1. The normalized spacial score (nSPS) is 10.5. The molecule has 0 bridgehead atoms. The third-order valence-electron chi connectivity index (χ3n) is 2.12. The maximum atomic E-state index is 13.5. The second-order valence-electron chi connectivity index (χ2n) is 3.29. The highest BCUT2D eigenvalue weighted by atomic mass is 32.1. The molecule has 0 saturated carbocycles. The molecular formula is C10H7F2N3OS. The predicted octanol–water partition coefficient (Wildman–Crippen LogP) is 1.76. The minimum Gasteiger partial charge on any atom is -0.385 e. The summed E-state index contributed by atoms with van der Waals surface area (Å²) in [4.78, 5) is 13.3. The number of halogens is 2. The largest absolute Gasteiger partial charge is 0.385 e. The molecule has 1 heterocycles. The van der Waals surface area contributed by atoms with Gasteiger partial charge in [-0.05, 0) is 24.4 Å². The minimum atomic E-state index is -0.693. The Balaban J connectivity index is 2.81. The van der Waals surface area contributed by atoms with Gasteiger partial charge in [0.15, 0.2) is 4.77 Å². The van der Waals surface area contributed by atoms with Crippen molar-refractivity contribution >= 4 is 18.0 Å². The van der Waals surface area contributed by atoms with Crippen LogP contribution in [0.1, 0.15) is 0 Å². The number of hydrogen-bond donors (Lipinski definition) is 2. The molecule has 0 radical (unpaired) electrons. The van der Waals surface area contributed by atoms with Crippen LogP contribution in [0, 0.1) is 16.4 Å². The third-order valence-corrected chi connectivity index (χ3v) is 2.40. The second kappa shape index (κ2) is 4.10. The summed E-state index contributed by atoms with van der Waals surface area (Å²) in [6, 6.07) is 3.92. The van der Waals surface area contributed by atoms with E-state index in [1.54, 1.807) is 0 Å². The number of rotatable bonds is 1. The van der Waals surface area contributed by atoms with Crippen molar-refractivity contribution < 1.29 is 8.78 Å². The fraction of sp³-hybridized carbons (Fsp3) is 0. The van der Waals surface area contributed by atoms with Crippen molar-refractivity contribution in [2.75, 3.05) is 5.73 Å². The molecule has 2 aromatic rings. The summed E-state index contributed by atoms with van der Waals surface area (Å²) >= 11 is 4.85. The van der Waals surface area contributed by atoms with E-state index < -0.39 is 17.2 Å². The molecule has 17 heavy (non-hydrogen) atoms. The monoisotopic (exact) mass is 255 g/mol. The first-order valence-corrected chi connectivity index (χ1v) is 4.97. The summed E-state index contributed by atoms with van der Waals surface area (Å²) in [5, 5.41) is 0. The molecule has 1 aromatic carbocycles. The molecular weight excluding hydrogens is 248 g/mol. The van der Waals surface area contributed by atoms with Crippen LogP contribution in [0.25, 0.3) is 5.69 Å². The van der Waals surface area contributed by atoms with E-state index in [0.717, 1.165) is 28.8 Å². The zero-order valence-electron chi connectivity index (χ0n) is 8.41. The lowest BCUT2D eigenvalue weighted by molar-refractivity contribution is 0.591. The molecule has 3 N–H and O–H groups in total. The number of hydrogen-bond acceptors (Lipinski definition) is 3. The van der Waals surface area contributed by atoms with Crippen LogP contribution in [-0.2, 0) is 0 Å². The molecule has 2 rings (SSSR count). The van der Waals surface area contributed by atoms with Gasteiger partial charge in [-0.3, -0.25) is 14.3 Å². The third kappa shape index (κ3) is 2.09. The maximum Gasteiger partial charge on any atom is 0.253 e. The van der Waals surface area contributed by atoms with Crippen LogP contribution < -0.4 is 11.3 Å². The molecule has 0 spiro atoms. The number of H-pyrrole nitrogens is 1. The van der Waals surface area contributed by atoms with Crippen LogP contribution in [0.2, 0.25) is 0 Å². The Bertz CT molecular complexity index is 693. The summed E-state index contributed by atoms with van der Waals surface area (Å²) in [6.45, 7) is 0. The van der Waals surface area contributed by atoms with Crippen LogP contribution >= 0.6 is 12.2 Å². The van der Waals surface area contributed by atoms with Crippen molar-refractivity contribution in [3.8, 4) is 5.69 Å². The van der Waals surface area contributed by atoms with Gasteiger partial charge in [0.2, 0.25) is 0 Å². The van der Waals surface area contributed by atoms with E-state index in [2.05, 4.69) is 4.98 Å². The molecule has 1 aromatic heterocycles. The lowest BCUT2D eigenvalue weighted by Gasteiger charge is -2.10. The van der Waals surface area contributed by atoms with Crippen molar-refractivity contribution in [3.63, 3.8) is 0 Å². The van der Waals surface area contributed by atoms with Crippen molar-refractivity contribution in [2.24, 2.45) is 0 Å². The van der Waals surface area contributed by atoms with E-state index in [0.29, 0.717) is 0 Å². The quantitative estimate of drug-likeness (QED) is 0.763. The Kier molecular flexibility index (Phi) is 2.76. The molecule has 0 atom stereocenters. The summed E-state index contributed by atoms with van der Waals surface area (Å²) in [5.41, 5.74) is 4.91. The highest BCUT2D eigenvalue weighted by Gasteiger charge is 2.09. The van der Waals surface area contributed by atoms with Gasteiger partial charge in [-0.1, -0.05) is 0 Å². The number of aromatic nitrogens is 2. The van der Waals surface area contributed by atoms with E-state index in [4.69, 9.17) is 18.0 Å². The van der Waals surface area contributed by atoms with Gasteiger partial charge in [0, 0.05) is 12.1 Å². The number of nitrogen functional groups attached to an aromatic ring is 1. The zero-order chi connectivity index (χ0) is 12.6. The van der Waals surface area contributed by atoms with Gasteiger partial charge in [0.05, 0.1) is 5.69 Å². The molecule has 0 amide bonds. The van der Waals surface area contributed by atoms with Crippen molar-refractivity contribution in [2.45, 2.75) is 0 Å². The fourth-order valence-corrected chi connectivity index (χ4v) is 1.72. The molecule has 0 saturated heterocycles. The first-order valence-electron chi connectivity index (χ1n) is 4.56. The van der Waals surface area contributed by atoms with E-state index in [1.165, 1.54) is 0 Å². The molecule has 0 aliphatic heterocycles. The molecule has 0 aliphatic rings. The van der Waals surface area contributed by atoms with Crippen molar-refractivity contribution in [3.05, 3.63) is 51.0 Å². The molecule has 7 heteroatoms. The number of benzene rings is 1. The van der Waals surface area contributed by atoms with Crippen LogP contribution in [0.3, 0.4) is 0 Å². The SMILES string of the molecule is Nc1cc(=O)[nH]c(=S)n1-c1cc(F)ccc1F. The van der Waals surface area contributed by atoms with E-state index in [1.807, 2.05) is 0 Å².